The van der Waals surface area contributed by atoms with Gasteiger partial charge in [-0.2, -0.15) is 0 Å². The lowest BCUT2D eigenvalue weighted by Gasteiger charge is -2.40. The van der Waals surface area contributed by atoms with Gasteiger partial charge in [-0.1, -0.05) is 80.5 Å². The zero-order valence-corrected chi connectivity index (χ0v) is 21.7. The Morgan fingerprint density at radius 1 is 1.03 bits per heavy atom. The molecule has 0 saturated heterocycles. The highest BCUT2D eigenvalue weighted by atomic mass is 35.5. The van der Waals surface area contributed by atoms with E-state index in [0.717, 1.165) is 21.6 Å². The lowest BCUT2D eigenvalue weighted by atomic mass is 9.72. The van der Waals surface area contributed by atoms with Crippen LogP contribution < -0.4 is 5.32 Å². The van der Waals surface area contributed by atoms with Crippen LogP contribution in [-0.2, 0) is 16.8 Å². The number of carbonyl (C=O) groups excluding carboxylic acids is 2. The molecule has 0 heterocycles. The van der Waals surface area contributed by atoms with E-state index in [2.05, 4.69) is 5.32 Å². The fraction of sp³-hybridized carbons (Fsp3) is 0.286. The summed E-state index contributed by atoms with van der Waals surface area (Å²) in [6.45, 7) is 5.93. The van der Waals surface area contributed by atoms with E-state index >= 15 is 0 Å². The van der Waals surface area contributed by atoms with E-state index in [4.69, 9.17) is 16.3 Å². The summed E-state index contributed by atoms with van der Waals surface area (Å²) in [6, 6.07) is 22.5. The van der Waals surface area contributed by atoms with Gasteiger partial charge in [-0.3, -0.25) is 4.79 Å². The summed E-state index contributed by atoms with van der Waals surface area (Å²) < 4.78 is 5.34. The Balaban J connectivity index is 1.49. The van der Waals surface area contributed by atoms with Gasteiger partial charge in [0, 0.05) is 26.8 Å². The van der Waals surface area contributed by atoms with Gasteiger partial charge in [-0.15, -0.1) is 0 Å². The number of hydrogen-bond donors (Lipinski definition) is 2. The summed E-state index contributed by atoms with van der Waals surface area (Å²) in [6.07, 6.45) is 0.820. The molecule has 3 aromatic carbocycles. The number of halogens is 1. The van der Waals surface area contributed by atoms with Crippen LogP contribution in [-0.4, -0.2) is 30.6 Å². The smallest absolute Gasteiger partial charge is 0.407 e. The van der Waals surface area contributed by atoms with Crippen LogP contribution in [0, 0.1) is 5.41 Å². The molecule has 0 saturated carbocycles. The number of ether oxygens (including phenoxy) is 1. The highest BCUT2D eigenvalue weighted by Gasteiger charge is 2.42. The Hall–Kier alpha value is -2.80. The number of carbonyl (C=O) groups is 2. The predicted molar refractivity (Wildman–Crippen MR) is 140 cm³/mol. The molecule has 0 unspecified atom stereocenters. The molecule has 2 N–H and O–H groups in total. The van der Waals surface area contributed by atoms with Crippen LogP contribution in [0.15, 0.2) is 82.6 Å². The molecule has 0 aliphatic rings. The summed E-state index contributed by atoms with van der Waals surface area (Å²) in [7, 11) is 0. The van der Waals surface area contributed by atoms with Crippen molar-refractivity contribution in [3.8, 4) is 0 Å². The van der Waals surface area contributed by atoms with Crippen LogP contribution in [0.5, 0.6) is 0 Å². The normalized spacial score (nSPS) is 13.1. The second-order valence-corrected chi connectivity index (χ2v) is 10.9. The SMILES string of the molecule is CC(C)(C)[C@](O)(CNC(=O)OCCc1ccc(Sc2ccc(C=O)cc2)cc1)c1cccc(Cl)c1. The second-order valence-electron chi connectivity index (χ2n) is 9.29. The molecule has 1 atom stereocenters. The van der Waals surface area contributed by atoms with E-state index in [-0.39, 0.29) is 13.2 Å². The highest BCUT2D eigenvalue weighted by molar-refractivity contribution is 7.99. The molecule has 0 radical (unpaired) electrons. The van der Waals surface area contributed by atoms with Gasteiger partial charge in [-0.25, -0.2) is 4.79 Å². The van der Waals surface area contributed by atoms with Gasteiger partial charge in [0.05, 0.1) is 13.2 Å². The van der Waals surface area contributed by atoms with Gasteiger partial charge < -0.3 is 15.2 Å². The first-order chi connectivity index (χ1) is 16.6. The van der Waals surface area contributed by atoms with E-state index < -0.39 is 17.1 Å². The van der Waals surface area contributed by atoms with Crippen molar-refractivity contribution in [3.05, 3.63) is 94.5 Å². The van der Waals surface area contributed by atoms with Crippen molar-refractivity contribution in [2.75, 3.05) is 13.2 Å². The Kier molecular flexibility index (Phi) is 9.00. The molecule has 0 spiro atoms. The quantitative estimate of drug-likeness (QED) is 0.320. The van der Waals surface area contributed by atoms with Gasteiger partial charge in [0.25, 0.3) is 0 Å². The maximum Gasteiger partial charge on any atom is 0.407 e. The van der Waals surface area contributed by atoms with Gasteiger partial charge >= 0.3 is 6.09 Å². The minimum atomic E-state index is -1.32. The summed E-state index contributed by atoms with van der Waals surface area (Å²) in [5, 5.41) is 14.6. The molecular weight excluding hydrogens is 482 g/mol. The van der Waals surface area contributed by atoms with Gasteiger partial charge in [-0.05, 0) is 52.9 Å². The number of aldehydes is 1. The summed E-state index contributed by atoms with van der Waals surface area (Å²) >= 11 is 7.73. The lowest BCUT2D eigenvalue weighted by molar-refractivity contribution is -0.0616. The molecule has 3 aromatic rings. The van der Waals surface area contributed by atoms with Crippen molar-refractivity contribution in [1.29, 1.82) is 0 Å². The molecule has 7 heteroatoms. The molecular formula is C28H30ClNO4S. The zero-order valence-electron chi connectivity index (χ0n) is 20.1. The predicted octanol–water partition coefficient (Wildman–Crippen LogP) is 6.51. The summed E-state index contributed by atoms with van der Waals surface area (Å²) in [5.41, 5.74) is 0.458. The van der Waals surface area contributed by atoms with Crippen LogP contribution in [0.2, 0.25) is 5.02 Å². The number of aliphatic hydroxyl groups is 1. The van der Waals surface area contributed by atoms with Gasteiger partial charge in [0.1, 0.15) is 11.9 Å². The molecule has 184 valence electrons. The molecule has 0 aliphatic heterocycles. The fourth-order valence-electron chi connectivity index (χ4n) is 3.53. The standard InChI is InChI=1S/C28H30ClNO4S/c1-27(2,3)28(33,22-5-4-6-23(29)17-22)19-30-26(32)34-16-15-20-7-11-24(12-8-20)35-25-13-9-21(18-31)10-14-25/h4-14,17-18,33H,15-16,19H2,1-3H3,(H,30,32)/t28-/m0/s1. The topological polar surface area (TPSA) is 75.6 Å². The van der Waals surface area contributed by atoms with Gasteiger partial charge in [0.15, 0.2) is 0 Å². The largest absolute Gasteiger partial charge is 0.449 e. The summed E-state index contributed by atoms with van der Waals surface area (Å²) in [4.78, 5) is 25.2. The molecule has 0 bridgehead atoms. The van der Waals surface area contributed by atoms with Crippen LogP contribution >= 0.6 is 23.4 Å². The first-order valence-electron chi connectivity index (χ1n) is 11.3. The van der Waals surface area contributed by atoms with Gasteiger partial charge in [0.2, 0.25) is 0 Å². The van der Waals surface area contributed by atoms with Crippen molar-refractivity contribution in [3.63, 3.8) is 0 Å². The van der Waals surface area contributed by atoms with Crippen LogP contribution in [0.4, 0.5) is 4.79 Å². The Morgan fingerprint density at radius 2 is 1.66 bits per heavy atom. The monoisotopic (exact) mass is 511 g/mol. The van der Waals surface area contributed by atoms with Crippen molar-refractivity contribution in [2.24, 2.45) is 5.41 Å². The second kappa shape index (κ2) is 11.8. The average Bonchev–Trinajstić information content (AvgIpc) is 2.83. The molecule has 0 fully saturated rings. The average molecular weight is 512 g/mol. The zero-order chi connectivity index (χ0) is 25.5. The number of amides is 1. The van der Waals surface area contributed by atoms with Crippen LogP contribution in [0.25, 0.3) is 0 Å². The maximum atomic E-state index is 12.3. The Bertz CT molecular complexity index is 1140. The van der Waals surface area contributed by atoms with E-state index in [9.17, 15) is 14.7 Å². The number of benzene rings is 3. The third kappa shape index (κ3) is 7.34. The molecule has 0 aromatic heterocycles. The third-order valence-electron chi connectivity index (χ3n) is 5.83. The number of hydrogen-bond acceptors (Lipinski definition) is 5. The van der Waals surface area contributed by atoms with E-state index in [1.165, 1.54) is 0 Å². The lowest BCUT2D eigenvalue weighted by Crippen LogP contribution is -2.49. The van der Waals surface area contributed by atoms with E-state index in [0.29, 0.717) is 22.6 Å². The molecule has 0 aliphatic carbocycles. The summed E-state index contributed by atoms with van der Waals surface area (Å²) in [5.74, 6) is 0. The third-order valence-corrected chi connectivity index (χ3v) is 7.08. The molecule has 5 nitrogen and oxygen atoms in total. The number of rotatable bonds is 9. The molecule has 35 heavy (non-hydrogen) atoms. The number of alkyl carbamates (subject to hydrolysis) is 1. The van der Waals surface area contributed by atoms with Crippen LogP contribution in [0.3, 0.4) is 0 Å². The van der Waals surface area contributed by atoms with Crippen LogP contribution in [0.1, 0.15) is 42.3 Å². The Morgan fingerprint density at radius 3 is 2.23 bits per heavy atom. The maximum absolute atomic E-state index is 12.3. The highest BCUT2D eigenvalue weighted by Crippen LogP contribution is 2.39. The number of nitrogens with one attached hydrogen (secondary N) is 1. The minimum Gasteiger partial charge on any atom is -0.449 e. The fourth-order valence-corrected chi connectivity index (χ4v) is 4.54. The van der Waals surface area contributed by atoms with E-state index in [1.807, 2.05) is 57.2 Å². The Labute approximate surface area is 215 Å². The van der Waals surface area contributed by atoms with Crippen molar-refractivity contribution in [2.45, 2.75) is 42.6 Å². The van der Waals surface area contributed by atoms with Crippen molar-refractivity contribution in [1.82, 2.24) is 5.32 Å². The van der Waals surface area contributed by atoms with Crippen molar-refractivity contribution < 1.29 is 19.4 Å². The van der Waals surface area contributed by atoms with E-state index in [1.54, 1.807) is 48.2 Å². The minimum absolute atomic E-state index is 0.00454. The van der Waals surface area contributed by atoms with Crippen molar-refractivity contribution >= 4 is 35.7 Å². The molecule has 1 amide bonds. The first-order valence-corrected chi connectivity index (χ1v) is 12.5. The molecule has 3 rings (SSSR count). The first kappa shape index (κ1) is 26.8.